The van der Waals surface area contributed by atoms with Crippen LogP contribution in [0.3, 0.4) is 0 Å². The van der Waals surface area contributed by atoms with Crippen LogP contribution in [0.25, 0.3) is 0 Å². The lowest BCUT2D eigenvalue weighted by atomic mass is 10.1. The van der Waals surface area contributed by atoms with Crippen molar-refractivity contribution in [2.45, 2.75) is 0 Å². The third kappa shape index (κ3) is 3.93. The quantitative estimate of drug-likeness (QED) is 0.814. The normalized spacial score (nSPS) is 15.7. The molecular weight excluding hydrogens is 397 g/mol. The van der Waals surface area contributed by atoms with Gasteiger partial charge in [0.15, 0.2) is 0 Å². The number of benzene rings is 2. The fraction of sp³-hybridized carbons (Fsp3) is 0.0588. The van der Waals surface area contributed by atoms with Gasteiger partial charge in [0.1, 0.15) is 17.3 Å². The first kappa shape index (κ1) is 18.9. The van der Waals surface area contributed by atoms with E-state index in [1.807, 2.05) is 0 Å². The zero-order valence-corrected chi connectivity index (χ0v) is 15.4. The molecule has 0 saturated carbocycles. The standard InChI is InChI=1S/C17H13ClFN3O4S/c1-22-16(17(24)20-11-4-7-14(19)13(18)8-11)9-15(21-27(22,25)26)10-2-5-12(23)6-3-10/h2-9,23H,1H3,(H,20,24). The second-order valence-corrected chi connectivity index (χ2v) is 7.61. The molecule has 27 heavy (non-hydrogen) atoms. The Hall–Kier alpha value is -2.91. The zero-order valence-electron chi connectivity index (χ0n) is 13.8. The summed E-state index contributed by atoms with van der Waals surface area (Å²) in [6, 6.07) is 9.28. The van der Waals surface area contributed by atoms with Crippen LogP contribution in [0.5, 0.6) is 5.75 Å². The van der Waals surface area contributed by atoms with Crippen molar-refractivity contribution in [3.8, 4) is 5.75 Å². The molecule has 3 rings (SSSR count). The van der Waals surface area contributed by atoms with Gasteiger partial charge in [0.2, 0.25) is 0 Å². The molecule has 0 unspecified atom stereocenters. The van der Waals surface area contributed by atoms with Crippen molar-refractivity contribution in [1.82, 2.24) is 4.31 Å². The second kappa shape index (κ2) is 7.01. The third-order valence-corrected chi connectivity index (χ3v) is 5.35. The van der Waals surface area contributed by atoms with Crippen molar-refractivity contribution >= 4 is 39.1 Å². The summed E-state index contributed by atoms with van der Waals surface area (Å²) in [6.45, 7) is 0. The molecule has 2 N–H and O–H groups in total. The Kier molecular flexibility index (Phi) is 4.90. The maximum atomic E-state index is 13.2. The number of carbonyl (C=O) groups is 1. The first-order valence-corrected chi connectivity index (χ1v) is 9.31. The summed E-state index contributed by atoms with van der Waals surface area (Å²) in [4.78, 5) is 12.6. The van der Waals surface area contributed by atoms with Crippen molar-refractivity contribution in [2.75, 3.05) is 12.4 Å². The molecule has 0 atom stereocenters. The lowest BCUT2D eigenvalue weighted by Crippen LogP contribution is -2.35. The molecule has 0 aromatic heterocycles. The predicted octanol–water partition coefficient (Wildman–Crippen LogP) is 2.69. The Morgan fingerprint density at radius 1 is 1.22 bits per heavy atom. The van der Waals surface area contributed by atoms with E-state index in [1.54, 1.807) is 0 Å². The number of amides is 1. The van der Waals surface area contributed by atoms with Crippen LogP contribution in [0.2, 0.25) is 5.02 Å². The Balaban J connectivity index is 1.96. The van der Waals surface area contributed by atoms with Crippen molar-refractivity contribution < 1.29 is 22.7 Å². The van der Waals surface area contributed by atoms with Crippen molar-refractivity contribution in [3.05, 3.63) is 70.6 Å². The molecule has 2 aromatic carbocycles. The van der Waals surface area contributed by atoms with Crippen LogP contribution in [0.4, 0.5) is 10.1 Å². The van der Waals surface area contributed by atoms with E-state index in [0.29, 0.717) is 5.56 Å². The minimum Gasteiger partial charge on any atom is -0.508 e. The van der Waals surface area contributed by atoms with Gasteiger partial charge in [-0.05, 0) is 48.5 Å². The molecule has 0 aliphatic carbocycles. The number of allylic oxidation sites excluding steroid dienone is 1. The Bertz CT molecular complexity index is 1080. The average Bonchev–Trinajstić information content (AvgIpc) is 2.61. The molecule has 10 heteroatoms. The molecule has 1 heterocycles. The van der Waals surface area contributed by atoms with Crippen LogP contribution < -0.4 is 5.32 Å². The van der Waals surface area contributed by atoms with Gasteiger partial charge in [0.25, 0.3) is 5.91 Å². The first-order chi connectivity index (χ1) is 12.7. The Morgan fingerprint density at radius 2 is 1.89 bits per heavy atom. The van der Waals surface area contributed by atoms with E-state index < -0.39 is 21.9 Å². The number of hydrogen-bond acceptors (Lipinski definition) is 4. The summed E-state index contributed by atoms with van der Waals surface area (Å²) in [5, 5.41) is 11.6. The second-order valence-electron chi connectivity index (χ2n) is 5.58. The maximum absolute atomic E-state index is 13.2. The van der Waals surface area contributed by atoms with E-state index in [2.05, 4.69) is 9.71 Å². The zero-order chi connectivity index (χ0) is 19.8. The topological polar surface area (TPSA) is 99.1 Å². The number of rotatable bonds is 3. The summed E-state index contributed by atoms with van der Waals surface area (Å²) in [5.74, 6) is -1.38. The minimum atomic E-state index is -4.13. The third-order valence-electron chi connectivity index (χ3n) is 3.75. The SMILES string of the molecule is CN1C(C(=O)Nc2ccc(F)c(Cl)c2)=CC(c2ccc(O)cc2)=NS1(=O)=O. The average molecular weight is 410 g/mol. The number of aromatic hydroxyl groups is 1. The van der Waals surface area contributed by atoms with Crippen molar-refractivity contribution in [3.63, 3.8) is 0 Å². The van der Waals surface area contributed by atoms with E-state index in [-0.39, 0.29) is 27.9 Å². The number of phenolic OH excluding ortho intramolecular Hbond substituents is 1. The first-order valence-electron chi connectivity index (χ1n) is 7.54. The van der Waals surface area contributed by atoms with Gasteiger partial charge >= 0.3 is 10.2 Å². The van der Waals surface area contributed by atoms with Gasteiger partial charge in [-0.1, -0.05) is 11.6 Å². The summed E-state index contributed by atoms with van der Waals surface area (Å²) >= 11 is 5.69. The van der Waals surface area contributed by atoms with Crippen molar-refractivity contribution in [2.24, 2.45) is 4.40 Å². The lowest BCUT2D eigenvalue weighted by molar-refractivity contribution is -0.113. The van der Waals surface area contributed by atoms with E-state index in [4.69, 9.17) is 11.6 Å². The van der Waals surface area contributed by atoms with Gasteiger partial charge < -0.3 is 10.4 Å². The van der Waals surface area contributed by atoms with Crippen LogP contribution in [-0.4, -0.2) is 36.5 Å². The summed E-state index contributed by atoms with van der Waals surface area (Å²) in [7, 11) is -2.94. The van der Waals surface area contributed by atoms with Gasteiger partial charge in [-0.15, -0.1) is 4.40 Å². The smallest absolute Gasteiger partial charge is 0.345 e. The van der Waals surface area contributed by atoms with Crippen molar-refractivity contribution in [1.29, 1.82) is 0 Å². The Labute approximate surface area is 159 Å². The van der Waals surface area contributed by atoms with E-state index in [1.165, 1.54) is 49.5 Å². The van der Waals surface area contributed by atoms with Crippen LogP contribution in [0.1, 0.15) is 5.56 Å². The molecule has 1 aliphatic rings. The van der Waals surface area contributed by atoms with E-state index in [0.717, 1.165) is 10.4 Å². The summed E-state index contributed by atoms with van der Waals surface area (Å²) in [6.07, 6.45) is 1.30. The number of likely N-dealkylation sites (N-methyl/N-ethyl adjacent to an activating group) is 1. The highest BCUT2D eigenvalue weighted by Crippen LogP contribution is 2.23. The van der Waals surface area contributed by atoms with Gasteiger partial charge in [-0.3, -0.25) is 4.79 Å². The molecule has 0 fully saturated rings. The van der Waals surface area contributed by atoms with Gasteiger partial charge in [-0.2, -0.15) is 8.42 Å². The molecule has 0 spiro atoms. The fourth-order valence-corrected chi connectivity index (χ4v) is 3.40. The number of nitrogens with zero attached hydrogens (tertiary/aromatic N) is 2. The number of phenols is 1. The number of hydrogen-bond donors (Lipinski definition) is 2. The molecule has 7 nitrogen and oxygen atoms in total. The predicted molar refractivity (Wildman–Crippen MR) is 99.4 cm³/mol. The van der Waals surface area contributed by atoms with Crippen LogP contribution in [0, 0.1) is 5.82 Å². The molecule has 2 aromatic rings. The van der Waals surface area contributed by atoms with Crippen LogP contribution >= 0.6 is 11.6 Å². The van der Waals surface area contributed by atoms with Crippen LogP contribution in [-0.2, 0) is 15.0 Å². The Morgan fingerprint density at radius 3 is 2.52 bits per heavy atom. The molecule has 0 radical (unpaired) electrons. The molecule has 0 bridgehead atoms. The summed E-state index contributed by atoms with van der Waals surface area (Å²) < 4.78 is 42.2. The van der Waals surface area contributed by atoms with E-state index in [9.17, 15) is 22.7 Å². The molecule has 1 amide bonds. The highest BCUT2D eigenvalue weighted by Gasteiger charge is 2.30. The fourth-order valence-electron chi connectivity index (χ4n) is 2.30. The monoisotopic (exact) mass is 409 g/mol. The van der Waals surface area contributed by atoms with Gasteiger partial charge in [0, 0.05) is 18.3 Å². The number of anilines is 1. The highest BCUT2D eigenvalue weighted by atomic mass is 35.5. The lowest BCUT2D eigenvalue weighted by Gasteiger charge is -2.23. The van der Waals surface area contributed by atoms with Gasteiger partial charge in [-0.25, -0.2) is 8.70 Å². The van der Waals surface area contributed by atoms with Gasteiger partial charge in [0.05, 0.1) is 10.7 Å². The maximum Gasteiger partial charge on any atom is 0.345 e. The minimum absolute atomic E-state index is 0.00488. The van der Waals surface area contributed by atoms with E-state index >= 15 is 0 Å². The number of carbonyl (C=O) groups excluding carboxylic acids is 1. The highest BCUT2D eigenvalue weighted by molar-refractivity contribution is 7.88. The molecular formula is C17H13ClFN3O4S. The number of halogens is 2. The molecule has 140 valence electrons. The largest absolute Gasteiger partial charge is 0.508 e. The number of nitrogens with one attached hydrogen (secondary N) is 1. The summed E-state index contributed by atoms with van der Waals surface area (Å²) in [5.41, 5.74) is 0.454. The molecule has 0 saturated heterocycles. The van der Waals surface area contributed by atoms with Crippen LogP contribution in [0.15, 0.2) is 58.6 Å². The molecule has 1 aliphatic heterocycles.